The van der Waals surface area contributed by atoms with E-state index in [-0.39, 0.29) is 0 Å². The minimum Gasteiger partial charge on any atom is -0.496 e. The summed E-state index contributed by atoms with van der Waals surface area (Å²) in [5.41, 5.74) is 7.16. The van der Waals surface area contributed by atoms with E-state index in [0.717, 1.165) is 17.1 Å². The van der Waals surface area contributed by atoms with Crippen LogP contribution < -0.4 is 10.5 Å². The highest BCUT2D eigenvalue weighted by molar-refractivity contribution is 5.36. The van der Waals surface area contributed by atoms with Crippen molar-refractivity contribution in [2.24, 2.45) is 0 Å². The van der Waals surface area contributed by atoms with E-state index in [1.54, 1.807) is 19.5 Å². The second-order valence-corrected chi connectivity index (χ2v) is 3.42. The molecule has 2 rings (SSSR count). The Kier molecular flexibility index (Phi) is 3.00. The summed E-state index contributed by atoms with van der Waals surface area (Å²) in [6.07, 6.45) is 3.86. The Morgan fingerprint density at radius 1 is 1.19 bits per heavy atom. The lowest BCUT2D eigenvalue weighted by Crippen LogP contribution is -1.99. The third kappa shape index (κ3) is 2.28. The Balaban J connectivity index is 2.23. The van der Waals surface area contributed by atoms with Crippen LogP contribution in [0.1, 0.15) is 11.4 Å². The summed E-state index contributed by atoms with van der Waals surface area (Å²) in [4.78, 5) is 8.31. The number of anilines is 1. The quantitative estimate of drug-likeness (QED) is 0.845. The maximum Gasteiger partial charge on any atom is 0.132 e. The van der Waals surface area contributed by atoms with Crippen LogP contribution in [0.3, 0.4) is 0 Å². The number of ether oxygens (including phenoxy) is 1. The summed E-state index contributed by atoms with van der Waals surface area (Å²) in [5.74, 6) is 1.58. The minimum absolute atomic E-state index is 0.573. The van der Waals surface area contributed by atoms with E-state index >= 15 is 0 Å². The third-order valence-electron chi connectivity index (χ3n) is 2.27. The fourth-order valence-corrected chi connectivity index (χ4v) is 1.48. The number of nitrogen functional groups attached to an aromatic ring is 1. The molecule has 82 valence electrons. The molecule has 4 heteroatoms. The van der Waals surface area contributed by atoms with Gasteiger partial charge in [-0.3, -0.25) is 0 Å². The van der Waals surface area contributed by atoms with Gasteiger partial charge in [-0.25, -0.2) is 9.97 Å². The van der Waals surface area contributed by atoms with Gasteiger partial charge in [0.2, 0.25) is 0 Å². The fourth-order valence-electron chi connectivity index (χ4n) is 1.48. The van der Waals surface area contributed by atoms with Crippen molar-refractivity contribution in [3.8, 4) is 5.75 Å². The maximum atomic E-state index is 5.53. The van der Waals surface area contributed by atoms with Crippen molar-refractivity contribution in [3.63, 3.8) is 0 Å². The lowest BCUT2D eigenvalue weighted by atomic mass is 10.1. The minimum atomic E-state index is 0.573. The molecule has 1 heterocycles. The van der Waals surface area contributed by atoms with Crippen LogP contribution >= 0.6 is 0 Å². The van der Waals surface area contributed by atoms with Crippen LogP contribution in [0.5, 0.6) is 5.75 Å². The number of benzene rings is 1. The zero-order valence-corrected chi connectivity index (χ0v) is 9.05. The number of para-hydroxylation sites is 1. The maximum absolute atomic E-state index is 5.53. The number of nitrogens with two attached hydrogens (primary N) is 1. The molecule has 0 saturated carbocycles. The molecule has 0 amide bonds. The smallest absolute Gasteiger partial charge is 0.132 e. The molecule has 16 heavy (non-hydrogen) atoms. The second kappa shape index (κ2) is 4.61. The van der Waals surface area contributed by atoms with Gasteiger partial charge in [-0.1, -0.05) is 18.2 Å². The number of aromatic nitrogens is 2. The van der Waals surface area contributed by atoms with E-state index in [9.17, 15) is 0 Å². The van der Waals surface area contributed by atoms with Crippen molar-refractivity contribution in [1.82, 2.24) is 9.97 Å². The normalized spacial score (nSPS) is 10.1. The van der Waals surface area contributed by atoms with E-state index in [1.807, 2.05) is 24.3 Å². The van der Waals surface area contributed by atoms with Crippen molar-refractivity contribution in [3.05, 3.63) is 48.0 Å². The molecule has 2 aromatic rings. The predicted octanol–water partition coefficient (Wildman–Crippen LogP) is 1.66. The van der Waals surface area contributed by atoms with Crippen LogP contribution in [0.2, 0.25) is 0 Å². The third-order valence-corrected chi connectivity index (χ3v) is 2.27. The van der Waals surface area contributed by atoms with Crippen molar-refractivity contribution in [2.45, 2.75) is 6.42 Å². The topological polar surface area (TPSA) is 61.0 Å². The summed E-state index contributed by atoms with van der Waals surface area (Å²) < 4.78 is 5.26. The molecular weight excluding hydrogens is 202 g/mol. The van der Waals surface area contributed by atoms with E-state index in [1.165, 1.54) is 0 Å². The van der Waals surface area contributed by atoms with Gasteiger partial charge in [0.25, 0.3) is 0 Å². The second-order valence-electron chi connectivity index (χ2n) is 3.42. The number of methoxy groups -OCH3 is 1. The Morgan fingerprint density at radius 2 is 1.88 bits per heavy atom. The van der Waals surface area contributed by atoms with E-state index in [4.69, 9.17) is 10.5 Å². The number of hydrogen-bond acceptors (Lipinski definition) is 4. The van der Waals surface area contributed by atoms with Gasteiger partial charge in [0.15, 0.2) is 0 Å². The van der Waals surface area contributed by atoms with Crippen molar-refractivity contribution >= 4 is 5.69 Å². The highest BCUT2D eigenvalue weighted by Crippen LogP contribution is 2.19. The molecule has 0 unspecified atom stereocenters. The summed E-state index contributed by atoms with van der Waals surface area (Å²) >= 11 is 0. The van der Waals surface area contributed by atoms with Gasteiger partial charge < -0.3 is 10.5 Å². The first-order chi connectivity index (χ1) is 7.79. The van der Waals surface area contributed by atoms with E-state index in [0.29, 0.717) is 12.1 Å². The highest BCUT2D eigenvalue weighted by Gasteiger charge is 2.04. The van der Waals surface area contributed by atoms with Gasteiger partial charge in [-0.05, 0) is 6.07 Å². The van der Waals surface area contributed by atoms with Crippen LogP contribution in [-0.4, -0.2) is 17.1 Å². The van der Waals surface area contributed by atoms with Gasteiger partial charge in [-0.15, -0.1) is 0 Å². The first-order valence-corrected chi connectivity index (χ1v) is 4.98. The zero-order chi connectivity index (χ0) is 11.4. The standard InChI is InChI=1S/C12H13N3O/c1-16-11-5-3-2-4-9(11)6-12-14-7-10(13)8-15-12/h2-5,7-8H,6,13H2,1H3. The lowest BCUT2D eigenvalue weighted by molar-refractivity contribution is 0.410. The first kappa shape index (κ1) is 10.4. The monoisotopic (exact) mass is 215 g/mol. The molecule has 0 radical (unpaired) electrons. The van der Waals surface area contributed by atoms with Gasteiger partial charge in [-0.2, -0.15) is 0 Å². The van der Waals surface area contributed by atoms with Crippen molar-refractivity contribution in [1.29, 1.82) is 0 Å². The molecule has 4 nitrogen and oxygen atoms in total. The van der Waals surface area contributed by atoms with Gasteiger partial charge >= 0.3 is 0 Å². The Hall–Kier alpha value is -2.10. The number of hydrogen-bond donors (Lipinski definition) is 1. The molecule has 0 aliphatic carbocycles. The van der Waals surface area contributed by atoms with E-state index in [2.05, 4.69) is 9.97 Å². The molecule has 0 aliphatic heterocycles. The average Bonchev–Trinajstić information content (AvgIpc) is 2.33. The first-order valence-electron chi connectivity index (χ1n) is 4.98. The molecule has 2 N–H and O–H groups in total. The summed E-state index contributed by atoms with van der Waals surface area (Å²) in [6, 6.07) is 7.83. The molecule has 0 spiro atoms. The van der Waals surface area contributed by atoms with Gasteiger partial charge in [0, 0.05) is 12.0 Å². The zero-order valence-electron chi connectivity index (χ0n) is 9.05. The molecule has 0 fully saturated rings. The molecule has 1 aromatic heterocycles. The van der Waals surface area contributed by atoms with Crippen molar-refractivity contribution in [2.75, 3.05) is 12.8 Å². The van der Waals surface area contributed by atoms with Crippen LogP contribution in [0, 0.1) is 0 Å². The fraction of sp³-hybridized carbons (Fsp3) is 0.167. The van der Waals surface area contributed by atoms with Gasteiger partial charge in [0.1, 0.15) is 11.6 Å². The van der Waals surface area contributed by atoms with Crippen LogP contribution in [0.25, 0.3) is 0 Å². The highest BCUT2D eigenvalue weighted by atomic mass is 16.5. The lowest BCUT2D eigenvalue weighted by Gasteiger charge is -2.06. The predicted molar refractivity (Wildman–Crippen MR) is 62.2 cm³/mol. The Morgan fingerprint density at radius 3 is 2.56 bits per heavy atom. The summed E-state index contributed by atoms with van der Waals surface area (Å²) in [7, 11) is 1.66. The Labute approximate surface area is 94.1 Å². The van der Waals surface area contributed by atoms with Crippen LogP contribution in [0.15, 0.2) is 36.7 Å². The average molecular weight is 215 g/mol. The molecule has 0 bridgehead atoms. The largest absolute Gasteiger partial charge is 0.496 e. The molecule has 0 saturated heterocycles. The van der Waals surface area contributed by atoms with Gasteiger partial charge in [0.05, 0.1) is 25.2 Å². The Bertz CT molecular complexity index is 468. The summed E-state index contributed by atoms with van der Waals surface area (Å²) in [5, 5.41) is 0. The molecule has 1 aromatic carbocycles. The van der Waals surface area contributed by atoms with E-state index < -0.39 is 0 Å². The number of rotatable bonds is 3. The summed E-state index contributed by atoms with van der Waals surface area (Å²) in [6.45, 7) is 0. The molecular formula is C12H13N3O. The number of nitrogens with zero attached hydrogens (tertiary/aromatic N) is 2. The van der Waals surface area contributed by atoms with Crippen molar-refractivity contribution < 1.29 is 4.74 Å². The molecule has 0 atom stereocenters. The van der Waals surface area contributed by atoms with Crippen LogP contribution in [0.4, 0.5) is 5.69 Å². The molecule has 0 aliphatic rings. The van der Waals surface area contributed by atoms with Crippen LogP contribution in [-0.2, 0) is 6.42 Å². The SMILES string of the molecule is COc1ccccc1Cc1ncc(N)cn1.